The zero-order chi connectivity index (χ0) is 19.3. The Morgan fingerprint density at radius 2 is 1.71 bits per heavy atom. The number of imidazole rings is 1. The van der Waals surface area contributed by atoms with Crippen LogP contribution in [0, 0.1) is 13.8 Å². The Kier molecular flexibility index (Phi) is 5.99. The molecule has 3 heteroatoms. The van der Waals surface area contributed by atoms with Crippen molar-refractivity contribution in [3.8, 4) is 5.75 Å². The van der Waals surface area contributed by atoms with E-state index in [4.69, 9.17) is 9.72 Å². The summed E-state index contributed by atoms with van der Waals surface area (Å²) in [6, 6.07) is 15.0. The molecule has 28 heavy (non-hydrogen) atoms. The Bertz CT molecular complexity index is 901. The summed E-state index contributed by atoms with van der Waals surface area (Å²) < 4.78 is 8.48. The molecule has 0 unspecified atom stereocenters. The Morgan fingerprint density at radius 3 is 2.50 bits per heavy atom. The lowest BCUT2D eigenvalue weighted by atomic mass is 9.88. The van der Waals surface area contributed by atoms with Crippen molar-refractivity contribution >= 4 is 11.0 Å². The predicted octanol–water partition coefficient (Wildman–Crippen LogP) is 6.56. The molecule has 1 aromatic heterocycles. The first-order chi connectivity index (χ1) is 13.7. The van der Waals surface area contributed by atoms with Gasteiger partial charge in [-0.15, -0.1) is 0 Å². The predicted molar refractivity (Wildman–Crippen MR) is 116 cm³/mol. The van der Waals surface area contributed by atoms with Crippen LogP contribution in [-0.4, -0.2) is 16.2 Å². The van der Waals surface area contributed by atoms with Crippen LogP contribution in [0.15, 0.2) is 42.5 Å². The molecule has 0 spiro atoms. The van der Waals surface area contributed by atoms with Crippen LogP contribution in [0.2, 0.25) is 0 Å². The lowest BCUT2D eigenvalue weighted by Gasteiger charge is -2.22. The summed E-state index contributed by atoms with van der Waals surface area (Å²) in [7, 11) is 0. The molecule has 1 aliphatic rings. The fourth-order valence-electron chi connectivity index (χ4n) is 4.58. The lowest BCUT2D eigenvalue weighted by Crippen LogP contribution is -2.13. The van der Waals surface area contributed by atoms with Crippen molar-refractivity contribution in [3.05, 3.63) is 59.4 Å². The quantitative estimate of drug-likeness (QED) is 0.437. The summed E-state index contributed by atoms with van der Waals surface area (Å²) >= 11 is 0. The molecule has 0 amide bonds. The molecule has 0 aliphatic heterocycles. The third-order valence-corrected chi connectivity index (χ3v) is 5.89. The molecular formula is C25H32N2O. The Hall–Kier alpha value is -2.29. The highest BCUT2D eigenvalue weighted by molar-refractivity contribution is 5.76. The largest absolute Gasteiger partial charge is 0.494 e. The first-order valence-corrected chi connectivity index (χ1v) is 10.9. The van der Waals surface area contributed by atoms with Crippen molar-refractivity contribution in [1.29, 1.82) is 0 Å². The smallest absolute Gasteiger partial charge is 0.119 e. The molecular weight excluding hydrogens is 344 g/mol. The normalized spacial score (nSPS) is 15.2. The number of aryl methyl sites for hydroxylation is 3. The average Bonchev–Trinajstić information content (AvgIpc) is 3.06. The van der Waals surface area contributed by atoms with Crippen LogP contribution in [0.25, 0.3) is 11.0 Å². The van der Waals surface area contributed by atoms with E-state index in [0.717, 1.165) is 37.3 Å². The van der Waals surface area contributed by atoms with Gasteiger partial charge in [-0.2, -0.15) is 0 Å². The van der Waals surface area contributed by atoms with E-state index < -0.39 is 0 Å². The number of para-hydroxylation sites is 2. The van der Waals surface area contributed by atoms with Crippen LogP contribution >= 0.6 is 0 Å². The third-order valence-electron chi connectivity index (χ3n) is 5.89. The number of fused-ring (bicyclic) bond motifs is 1. The van der Waals surface area contributed by atoms with Crippen molar-refractivity contribution in [3.63, 3.8) is 0 Å². The highest BCUT2D eigenvalue weighted by Crippen LogP contribution is 2.34. The van der Waals surface area contributed by atoms with Gasteiger partial charge in [-0.3, -0.25) is 0 Å². The van der Waals surface area contributed by atoms with E-state index in [1.54, 1.807) is 0 Å². The lowest BCUT2D eigenvalue weighted by molar-refractivity contribution is 0.302. The maximum absolute atomic E-state index is 6.00. The summed E-state index contributed by atoms with van der Waals surface area (Å²) in [4.78, 5) is 5.03. The number of hydrogen-bond donors (Lipinski definition) is 0. The first kappa shape index (κ1) is 19.0. The fraction of sp³-hybridized carbons (Fsp3) is 0.480. The number of unbranched alkanes of at least 4 members (excludes halogenated alkanes) is 1. The molecule has 2 aromatic carbocycles. The van der Waals surface area contributed by atoms with Crippen LogP contribution < -0.4 is 4.74 Å². The molecule has 4 rings (SSSR count). The fourth-order valence-corrected chi connectivity index (χ4v) is 4.58. The molecule has 0 radical (unpaired) electrons. The van der Waals surface area contributed by atoms with Crippen molar-refractivity contribution in [2.24, 2.45) is 0 Å². The van der Waals surface area contributed by atoms with Crippen LogP contribution in [0.3, 0.4) is 0 Å². The van der Waals surface area contributed by atoms with Gasteiger partial charge in [0.25, 0.3) is 0 Å². The zero-order valence-corrected chi connectivity index (χ0v) is 17.3. The van der Waals surface area contributed by atoms with E-state index in [2.05, 4.69) is 60.9 Å². The molecule has 1 fully saturated rings. The van der Waals surface area contributed by atoms with Crippen LogP contribution in [-0.2, 0) is 6.54 Å². The molecule has 1 heterocycles. The van der Waals surface area contributed by atoms with E-state index >= 15 is 0 Å². The molecule has 1 saturated carbocycles. The van der Waals surface area contributed by atoms with Gasteiger partial charge in [-0.25, -0.2) is 4.98 Å². The standard InChI is InChI=1S/C25H32N2O/c1-19-16-20(2)18-22(17-19)28-15-9-8-14-27-24-13-7-6-12-23(24)26-25(27)21-10-4-3-5-11-21/h6-7,12-13,16-18,21H,3-5,8-11,14-15H2,1-2H3. The van der Waals surface area contributed by atoms with Gasteiger partial charge < -0.3 is 9.30 Å². The van der Waals surface area contributed by atoms with Crippen LogP contribution in [0.5, 0.6) is 5.75 Å². The zero-order valence-electron chi connectivity index (χ0n) is 17.3. The molecule has 0 bridgehead atoms. The number of benzene rings is 2. The van der Waals surface area contributed by atoms with Crippen molar-refractivity contribution in [1.82, 2.24) is 9.55 Å². The van der Waals surface area contributed by atoms with Crippen molar-refractivity contribution in [2.75, 3.05) is 6.61 Å². The summed E-state index contributed by atoms with van der Waals surface area (Å²) in [5.74, 6) is 2.94. The molecule has 1 aliphatic carbocycles. The topological polar surface area (TPSA) is 27.1 Å². The molecule has 0 saturated heterocycles. The second kappa shape index (κ2) is 8.81. The summed E-state index contributed by atoms with van der Waals surface area (Å²) in [6.07, 6.45) is 8.83. The molecule has 3 nitrogen and oxygen atoms in total. The average molecular weight is 377 g/mol. The monoisotopic (exact) mass is 376 g/mol. The van der Waals surface area contributed by atoms with Gasteiger partial charge >= 0.3 is 0 Å². The van der Waals surface area contributed by atoms with Gasteiger partial charge in [0.2, 0.25) is 0 Å². The number of hydrogen-bond acceptors (Lipinski definition) is 2. The van der Waals surface area contributed by atoms with Gasteiger partial charge in [0.1, 0.15) is 11.6 Å². The molecule has 0 atom stereocenters. The van der Waals surface area contributed by atoms with Gasteiger partial charge in [-0.1, -0.05) is 37.5 Å². The molecule has 148 valence electrons. The second-order valence-electron chi connectivity index (χ2n) is 8.32. The van der Waals surface area contributed by atoms with E-state index in [-0.39, 0.29) is 0 Å². The minimum absolute atomic E-state index is 0.632. The Morgan fingerprint density at radius 1 is 0.964 bits per heavy atom. The number of nitrogens with zero attached hydrogens (tertiary/aromatic N) is 2. The van der Waals surface area contributed by atoms with Crippen LogP contribution in [0.4, 0.5) is 0 Å². The Labute approximate surface area is 168 Å². The van der Waals surface area contributed by atoms with Crippen molar-refractivity contribution in [2.45, 2.75) is 71.3 Å². The first-order valence-electron chi connectivity index (χ1n) is 10.9. The van der Waals surface area contributed by atoms with E-state index in [9.17, 15) is 0 Å². The highest BCUT2D eigenvalue weighted by atomic mass is 16.5. The molecule has 0 N–H and O–H groups in total. The highest BCUT2D eigenvalue weighted by Gasteiger charge is 2.22. The number of aromatic nitrogens is 2. The maximum atomic E-state index is 6.00. The summed E-state index contributed by atoms with van der Waals surface area (Å²) in [6.45, 7) is 6.05. The van der Waals surface area contributed by atoms with Crippen LogP contribution in [0.1, 0.15) is 67.8 Å². The number of ether oxygens (including phenoxy) is 1. The third kappa shape index (κ3) is 4.40. The SMILES string of the molecule is Cc1cc(C)cc(OCCCCn2c(C3CCCCC3)nc3ccccc32)c1. The minimum atomic E-state index is 0.632. The molecule has 3 aromatic rings. The van der Waals surface area contributed by atoms with E-state index in [1.165, 1.54) is 54.6 Å². The van der Waals surface area contributed by atoms with E-state index in [0.29, 0.717) is 5.92 Å². The van der Waals surface area contributed by atoms with Gasteiger partial charge in [-0.05, 0) is 74.9 Å². The summed E-state index contributed by atoms with van der Waals surface area (Å²) in [5.41, 5.74) is 4.96. The summed E-state index contributed by atoms with van der Waals surface area (Å²) in [5, 5.41) is 0. The number of rotatable bonds is 7. The van der Waals surface area contributed by atoms with Gasteiger partial charge in [0, 0.05) is 12.5 Å². The van der Waals surface area contributed by atoms with Gasteiger partial charge in [0.05, 0.1) is 17.6 Å². The Balaban J connectivity index is 1.39. The maximum Gasteiger partial charge on any atom is 0.119 e. The van der Waals surface area contributed by atoms with E-state index in [1.807, 2.05) is 0 Å². The minimum Gasteiger partial charge on any atom is -0.494 e. The van der Waals surface area contributed by atoms with Gasteiger partial charge in [0.15, 0.2) is 0 Å². The van der Waals surface area contributed by atoms with Crippen molar-refractivity contribution < 1.29 is 4.74 Å². The second-order valence-corrected chi connectivity index (χ2v) is 8.32.